The topological polar surface area (TPSA) is 3.24 Å². The molecule has 10 aromatic rings. The van der Waals surface area contributed by atoms with Gasteiger partial charge in [-0.25, -0.2) is 0 Å². The van der Waals surface area contributed by atoms with Crippen LogP contribution in [0.4, 0.5) is 17.1 Å². The highest BCUT2D eigenvalue weighted by Gasteiger charge is 2.37. The molecule has 1 heterocycles. The molecule has 0 saturated carbocycles. The van der Waals surface area contributed by atoms with Gasteiger partial charge in [-0.15, -0.1) is 11.3 Å². The quantitative estimate of drug-likeness (QED) is 0.170. The highest BCUT2D eigenvalue weighted by atomic mass is 32.1. The number of rotatable bonds is 5. The van der Waals surface area contributed by atoms with E-state index >= 15 is 0 Å². The van der Waals surface area contributed by atoms with Crippen molar-refractivity contribution in [2.45, 2.75) is 19.3 Å². The fourth-order valence-corrected chi connectivity index (χ4v) is 11.1. The number of benzene rings is 9. The Labute approximate surface area is 336 Å². The van der Waals surface area contributed by atoms with E-state index in [-0.39, 0.29) is 5.41 Å². The predicted octanol–water partition coefficient (Wildman–Crippen LogP) is 16.0. The number of anilines is 3. The molecule has 57 heavy (non-hydrogen) atoms. The van der Waals surface area contributed by atoms with E-state index in [0.717, 1.165) is 11.4 Å². The van der Waals surface area contributed by atoms with Crippen LogP contribution >= 0.6 is 11.3 Å². The van der Waals surface area contributed by atoms with Gasteiger partial charge in [0.05, 0.1) is 5.69 Å². The van der Waals surface area contributed by atoms with Crippen molar-refractivity contribution in [1.82, 2.24) is 0 Å². The standard InChI is InChI=1S/C55H37NS/c1-55(2)47-21-9-8-17-45(47)54-48(55)22-12-23-49(54)56(36-27-25-35(26-28-36)34-13-4-3-5-14-34)37-29-32-50-46(33-37)53-43(20-11-24-51(53)57-50)40-30-31-44-39-16-7-6-15-38(39)41-18-10-19-42(40)52(41)44/h3-33H,1-2H3. The summed E-state index contributed by atoms with van der Waals surface area (Å²) in [4.78, 5) is 2.49. The Bertz CT molecular complexity index is 3230. The number of hydrogen-bond acceptors (Lipinski definition) is 2. The van der Waals surface area contributed by atoms with E-state index in [4.69, 9.17) is 0 Å². The smallest absolute Gasteiger partial charge is 0.0543 e. The molecule has 0 radical (unpaired) electrons. The molecular weight excluding hydrogens is 707 g/mol. The summed E-state index contributed by atoms with van der Waals surface area (Å²) >= 11 is 1.89. The molecule has 0 saturated heterocycles. The van der Waals surface area contributed by atoms with E-state index in [1.165, 1.54) is 103 Å². The van der Waals surface area contributed by atoms with E-state index in [1.807, 2.05) is 11.3 Å². The van der Waals surface area contributed by atoms with Crippen molar-refractivity contribution in [1.29, 1.82) is 0 Å². The molecule has 2 aliphatic rings. The molecule has 0 fully saturated rings. The van der Waals surface area contributed by atoms with E-state index < -0.39 is 0 Å². The van der Waals surface area contributed by atoms with Gasteiger partial charge in [0.15, 0.2) is 0 Å². The molecule has 0 N–H and O–H groups in total. The average molecular weight is 744 g/mol. The van der Waals surface area contributed by atoms with Gasteiger partial charge in [-0.2, -0.15) is 0 Å². The summed E-state index contributed by atoms with van der Waals surface area (Å²) < 4.78 is 2.60. The van der Waals surface area contributed by atoms with Crippen LogP contribution in [0, 0.1) is 0 Å². The van der Waals surface area contributed by atoms with Gasteiger partial charge in [0.1, 0.15) is 0 Å². The average Bonchev–Trinajstić information content (AvgIpc) is 3.88. The van der Waals surface area contributed by atoms with Crippen LogP contribution in [0.2, 0.25) is 0 Å². The van der Waals surface area contributed by atoms with Crippen molar-refractivity contribution < 1.29 is 0 Å². The Balaban J connectivity index is 1.09. The van der Waals surface area contributed by atoms with Gasteiger partial charge in [0, 0.05) is 42.5 Å². The molecule has 2 heteroatoms. The highest BCUT2D eigenvalue weighted by molar-refractivity contribution is 7.26. The normalized spacial score (nSPS) is 13.2. The van der Waals surface area contributed by atoms with Gasteiger partial charge >= 0.3 is 0 Å². The lowest BCUT2D eigenvalue weighted by Crippen LogP contribution is -2.16. The van der Waals surface area contributed by atoms with Gasteiger partial charge in [-0.05, 0) is 114 Å². The first-order valence-electron chi connectivity index (χ1n) is 19.8. The molecule has 268 valence electrons. The summed E-state index contributed by atoms with van der Waals surface area (Å²) in [5.41, 5.74) is 19.1. The van der Waals surface area contributed by atoms with Crippen molar-refractivity contribution in [2.75, 3.05) is 4.90 Å². The third-order valence-corrected chi connectivity index (χ3v) is 13.8. The van der Waals surface area contributed by atoms with Crippen molar-refractivity contribution in [2.24, 2.45) is 0 Å². The Hall–Kier alpha value is -6.74. The Morgan fingerprint density at radius 1 is 0.386 bits per heavy atom. The van der Waals surface area contributed by atoms with Gasteiger partial charge in [-0.1, -0.05) is 159 Å². The lowest BCUT2D eigenvalue weighted by atomic mass is 9.82. The van der Waals surface area contributed by atoms with E-state index in [2.05, 4.69) is 207 Å². The summed E-state index contributed by atoms with van der Waals surface area (Å²) in [5, 5.41) is 5.28. The maximum absolute atomic E-state index is 2.49. The largest absolute Gasteiger partial charge is 0.310 e. The maximum Gasteiger partial charge on any atom is 0.0543 e. The number of fused-ring (bicyclic) bond motifs is 9. The minimum absolute atomic E-state index is 0.103. The first-order valence-corrected chi connectivity index (χ1v) is 20.7. The van der Waals surface area contributed by atoms with Crippen LogP contribution < -0.4 is 4.90 Å². The van der Waals surface area contributed by atoms with Crippen molar-refractivity contribution >= 4 is 59.3 Å². The number of thiophene rings is 1. The zero-order chi connectivity index (χ0) is 37.8. The van der Waals surface area contributed by atoms with Crippen LogP contribution in [0.1, 0.15) is 25.0 Å². The molecule has 0 unspecified atom stereocenters. The van der Waals surface area contributed by atoms with Crippen LogP contribution in [0.5, 0.6) is 0 Å². The number of hydrogen-bond donors (Lipinski definition) is 0. The zero-order valence-electron chi connectivity index (χ0n) is 31.8. The Kier molecular flexibility index (Phi) is 6.91. The van der Waals surface area contributed by atoms with E-state index in [9.17, 15) is 0 Å². The third kappa shape index (κ3) is 4.68. The van der Waals surface area contributed by atoms with Crippen LogP contribution in [0.15, 0.2) is 188 Å². The maximum atomic E-state index is 2.49. The second kappa shape index (κ2) is 12.1. The summed E-state index contributed by atoms with van der Waals surface area (Å²) in [6, 6.07) is 70.0. The molecule has 0 atom stereocenters. The first kappa shape index (κ1) is 32.5. The number of nitrogens with zero attached hydrogens (tertiary/aromatic N) is 1. The molecule has 0 aliphatic heterocycles. The SMILES string of the molecule is CC1(C)c2ccccc2-c2c(N(c3ccc(-c4ccccc4)cc3)c3ccc4sc5cccc(-c6ccc7c8c(cccc68)-c6ccccc6-7)c5c4c3)cccc21. The van der Waals surface area contributed by atoms with E-state index in [1.54, 1.807) is 0 Å². The van der Waals surface area contributed by atoms with Crippen molar-refractivity contribution in [3.8, 4) is 55.6 Å². The summed E-state index contributed by atoms with van der Waals surface area (Å²) in [5.74, 6) is 0. The van der Waals surface area contributed by atoms with E-state index in [0.29, 0.717) is 0 Å². The Morgan fingerprint density at radius 2 is 0.982 bits per heavy atom. The summed E-state index contributed by atoms with van der Waals surface area (Å²) in [6.07, 6.45) is 0. The lowest BCUT2D eigenvalue weighted by molar-refractivity contribution is 0.660. The molecule has 0 amide bonds. The molecule has 1 aromatic heterocycles. The molecule has 0 bridgehead atoms. The van der Waals surface area contributed by atoms with Crippen LogP contribution in [-0.2, 0) is 5.41 Å². The molecule has 2 aliphatic carbocycles. The van der Waals surface area contributed by atoms with Crippen LogP contribution in [0.3, 0.4) is 0 Å². The van der Waals surface area contributed by atoms with Gasteiger partial charge in [-0.3, -0.25) is 0 Å². The first-order chi connectivity index (χ1) is 28.0. The molecule has 12 rings (SSSR count). The van der Waals surface area contributed by atoms with Gasteiger partial charge < -0.3 is 4.90 Å². The molecular formula is C55H37NS. The summed E-state index contributed by atoms with van der Waals surface area (Å²) in [6.45, 7) is 4.73. The minimum atomic E-state index is -0.103. The molecule has 1 nitrogen and oxygen atoms in total. The molecule has 9 aromatic carbocycles. The fourth-order valence-electron chi connectivity index (χ4n) is 10.0. The van der Waals surface area contributed by atoms with Gasteiger partial charge in [0.2, 0.25) is 0 Å². The second-order valence-corrected chi connectivity index (χ2v) is 17.1. The van der Waals surface area contributed by atoms with Crippen molar-refractivity contribution in [3.05, 3.63) is 199 Å². The molecule has 0 spiro atoms. The highest BCUT2D eigenvalue weighted by Crippen LogP contribution is 2.55. The van der Waals surface area contributed by atoms with Crippen LogP contribution in [0.25, 0.3) is 86.6 Å². The van der Waals surface area contributed by atoms with Gasteiger partial charge in [0.25, 0.3) is 0 Å². The Morgan fingerprint density at radius 3 is 1.79 bits per heavy atom. The second-order valence-electron chi connectivity index (χ2n) is 16.0. The summed E-state index contributed by atoms with van der Waals surface area (Å²) in [7, 11) is 0. The fraction of sp³-hybridized carbons (Fsp3) is 0.0545. The van der Waals surface area contributed by atoms with Crippen molar-refractivity contribution in [3.63, 3.8) is 0 Å². The monoisotopic (exact) mass is 743 g/mol. The zero-order valence-corrected chi connectivity index (χ0v) is 32.6. The third-order valence-electron chi connectivity index (χ3n) is 12.6. The van der Waals surface area contributed by atoms with Crippen LogP contribution in [-0.4, -0.2) is 0 Å². The minimum Gasteiger partial charge on any atom is -0.310 e. The predicted molar refractivity (Wildman–Crippen MR) is 244 cm³/mol. The lowest BCUT2D eigenvalue weighted by Gasteiger charge is -2.29.